The van der Waals surface area contributed by atoms with E-state index in [1.807, 2.05) is 13.0 Å². The number of anilines is 2. The minimum atomic E-state index is -1.55. The minimum Gasteiger partial charge on any atom is -0.367 e. The highest BCUT2D eigenvalue weighted by molar-refractivity contribution is 6.30. The molecule has 9 nitrogen and oxygen atoms in total. The van der Waals surface area contributed by atoms with E-state index in [1.165, 1.54) is 12.1 Å². The Morgan fingerprint density at radius 1 is 1.09 bits per heavy atom. The van der Waals surface area contributed by atoms with E-state index < -0.39 is 34.2 Å². The molecule has 5 rings (SSSR count). The molecule has 3 aliphatic heterocycles. The molecule has 9 heteroatoms. The first-order valence-electron chi connectivity index (χ1n) is 11.1. The fourth-order valence-corrected chi connectivity index (χ4v) is 5.54. The molecule has 0 saturated carbocycles. The van der Waals surface area contributed by atoms with Crippen LogP contribution < -0.4 is 15.1 Å². The molecule has 4 amide bonds. The summed E-state index contributed by atoms with van der Waals surface area (Å²) in [5.41, 5.74) is 1.02. The molecule has 2 fully saturated rings. The number of rotatable bonds is 2. The molecule has 2 saturated heterocycles. The number of imide groups is 2. The zero-order valence-corrected chi connectivity index (χ0v) is 18.2. The van der Waals surface area contributed by atoms with Crippen LogP contribution in [-0.2, 0) is 16.0 Å². The number of carbonyl (C=O) groups is 3. The number of urea groups is 1. The van der Waals surface area contributed by atoms with Crippen LogP contribution in [0.5, 0.6) is 0 Å². The molecule has 1 N–H and O–H groups in total. The van der Waals surface area contributed by atoms with Crippen LogP contribution in [0.3, 0.4) is 0 Å². The Kier molecular flexibility index (Phi) is 4.92. The Hall–Kier alpha value is -3.75. The van der Waals surface area contributed by atoms with Gasteiger partial charge in [-0.1, -0.05) is 25.0 Å². The number of nitro groups is 1. The number of nitrogens with one attached hydrogen (secondary N) is 1. The number of hydrogen-bond acceptors (Lipinski definition) is 6. The van der Waals surface area contributed by atoms with E-state index in [0.717, 1.165) is 35.4 Å². The maximum Gasteiger partial charge on any atom is 0.335 e. The van der Waals surface area contributed by atoms with Gasteiger partial charge in [0.2, 0.25) is 5.91 Å². The Bertz CT molecular complexity index is 1200. The predicted molar refractivity (Wildman–Crippen MR) is 121 cm³/mol. The third kappa shape index (κ3) is 3.18. The van der Waals surface area contributed by atoms with Crippen LogP contribution in [0.25, 0.3) is 0 Å². The smallest absolute Gasteiger partial charge is 0.335 e. The lowest BCUT2D eigenvalue weighted by atomic mass is 9.67. The molecule has 0 aliphatic carbocycles. The fraction of sp³-hybridized carbons (Fsp3) is 0.375. The van der Waals surface area contributed by atoms with Crippen molar-refractivity contribution in [2.24, 2.45) is 5.41 Å². The third-order valence-corrected chi connectivity index (χ3v) is 7.05. The molecule has 0 aromatic heterocycles. The summed E-state index contributed by atoms with van der Waals surface area (Å²) in [6.07, 6.45) is 3.32. The predicted octanol–water partition coefficient (Wildman–Crippen LogP) is 3.48. The van der Waals surface area contributed by atoms with Gasteiger partial charge < -0.3 is 4.90 Å². The Labute approximate surface area is 190 Å². The van der Waals surface area contributed by atoms with Gasteiger partial charge in [-0.15, -0.1) is 0 Å². The molecular formula is C24H24N4O5. The van der Waals surface area contributed by atoms with E-state index >= 15 is 0 Å². The molecule has 0 radical (unpaired) electrons. The lowest BCUT2D eigenvalue weighted by Gasteiger charge is -2.51. The first-order chi connectivity index (χ1) is 15.8. The van der Waals surface area contributed by atoms with Crippen LogP contribution >= 0.6 is 0 Å². The van der Waals surface area contributed by atoms with Crippen molar-refractivity contribution in [3.05, 3.63) is 63.7 Å². The van der Waals surface area contributed by atoms with Crippen molar-refractivity contribution in [1.29, 1.82) is 0 Å². The summed E-state index contributed by atoms with van der Waals surface area (Å²) in [6, 6.07) is 10.4. The zero-order chi connectivity index (χ0) is 23.3. The Balaban J connectivity index is 1.69. The van der Waals surface area contributed by atoms with Crippen molar-refractivity contribution in [3.8, 4) is 0 Å². The van der Waals surface area contributed by atoms with Gasteiger partial charge in [0.15, 0.2) is 5.41 Å². The molecule has 0 bridgehead atoms. The van der Waals surface area contributed by atoms with E-state index in [0.29, 0.717) is 24.2 Å². The average Bonchev–Trinajstić information content (AvgIpc) is 3.04. The molecule has 2 aromatic rings. The van der Waals surface area contributed by atoms with Crippen LogP contribution in [0.15, 0.2) is 42.5 Å². The van der Waals surface area contributed by atoms with Gasteiger partial charge in [-0.2, -0.15) is 0 Å². The van der Waals surface area contributed by atoms with Crippen molar-refractivity contribution >= 4 is 34.9 Å². The summed E-state index contributed by atoms with van der Waals surface area (Å²) in [5.74, 6) is -1.20. The summed E-state index contributed by atoms with van der Waals surface area (Å²) >= 11 is 0. The summed E-state index contributed by atoms with van der Waals surface area (Å²) < 4.78 is 0. The standard InChI is InChI=1S/C24H24N4O5/c1-15-6-5-7-17(12-15)27-22(30)24(21(29)25-23(27)31)14-16-13-18(28(32)33)9-10-19(16)26-11-4-2-3-8-20(24)26/h5-7,9-10,12-13,20H,2-4,8,11,14H2,1H3,(H,25,29,31). The SMILES string of the molecule is Cc1cccc(N2C(=O)NC(=O)C3(Cc4cc([N+](=O)[O-])ccc4N4CCCCCC43)C2=O)c1. The number of nitrogens with zero attached hydrogens (tertiary/aromatic N) is 3. The second kappa shape index (κ2) is 7.68. The van der Waals surface area contributed by atoms with Crippen molar-refractivity contribution in [1.82, 2.24) is 5.32 Å². The first kappa shape index (κ1) is 21.1. The van der Waals surface area contributed by atoms with Gasteiger partial charge in [0.25, 0.3) is 11.6 Å². The maximum absolute atomic E-state index is 14.1. The molecule has 33 heavy (non-hydrogen) atoms. The maximum atomic E-state index is 14.1. The molecule has 2 unspecified atom stereocenters. The second-order valence-corrected chi connectivity index (χ2v) is 9.02. The van der Waals surface area contributed by atoms with Gasteiger partial charge in [-0.05, 0) is 49.1 Å². The molecule has 3 heterocycles. The quantitative estimate of drug-likeness (QED) is 0.428. The fourth-order valence-electron chi connectivity index (χ4n) is 5.54. The van der Waals surface area contributed by atoms with Gasteiger partial charge in [0.05, 0.1) is 16.7 Å². The first-order valence-corrected chi connectivity index (χ1v) is 11.1. The van der Waals surface area contributed by atoms with E-state index in [-0.39, 0.29) is 12.1 Å². The largest absolute Gasteiger partial charge is 0.367 e. The number of hydrogen-bond donors (Lipinski definition) is 1. The van der Waals surface area contributed by atoms with Gasteiger partial charge in [0.1, 0.15) is 0 Å². The molecule has 170 valence electrons. The highest BCUT2D eigenvalue weighted by Gasteiger charge is 2.62. The molecule has 2 aromatic carbocycles. The second-order valence-electron chi connectivity index (χ2n) is 9.02. The van der Waals surface area contributed by atoms with Gasteiger partial charge in [-0.3, -0.25) is 25.0 Å². The molecule has 3 aliphatic rings. The lowest BCUT2D eigenvalue weighted by Crippen LogP contribution is -2.72. The number of non-ortho nitro benzene ring substituents is 1. The lowest BCUT2D eigenvalue weighted by molar-refractivity contribution is -0.384. The number of carbonyl (C=O) groups excluding carboxylic acids is 3. The number of barbiturate groups is 1. The average molecular weight is 448 g/mol. The number of amides is 4. The van der Waals surface area contributed by atoms with Crippen LogP contribution in [0.2, 0.25) is 0 Å². The summed E-state index contributed by atoms with van der Waals surface area (Å²) in [6.45, 7) is 2.50. The highest BCUT2D eigenvalue weighted by Crippen LogP contribution is 2.48. The topological polar surface area (TPSA) is 113 Å². The van der Waals surface area contributed by atoms with Crippen LogP contribution in [0, 0.1) is 22.5 Å². The molecular weight excluding hydrogens is 424 g/mol. The number of nitro benzene ring substituents is 1. The Morgan fingerprint density at radius 3 is 2.67 bits per heavy atom. The number of fused-ring (bicyclic) bond motifs is 4. The van der Waals surface area contributed by atoms with Crippen molar-refractivity contribution in [2.45, 2.75) is 45.1 Å². The zero-order valence-electron chi connectivity index (χ0n) is 18.2. The van der Waals surface area contributed by atoms with Crippen molar-refractivity contribution < 1.29 is 19.3 Å². The van der Waals surface area contributed by atoms with Crippen LogP contribution in [-0.4, -0.2) is 35.4 Å². The Morgan fingerprint density at radius 2 is 1.91 bits per heavy atom. The molecule has 2 atom stereocenters. The van der Waals surface area contributed by atoms with E-state index in [4.69, 9.17) is 0 Å². The van der Waals surface area contributed by atoms with E-state index in [1.54, 1.807) is 24.3 Å². The van der Waals surface area contributed by atoms with Gasteiger partial charge in [-0.25, -0.2) is 9.69 Å². The number of aryl methyl sites for hydroxylation is 1. The molecule has 1 spiro atoms. The van der Waals surface area contributed by atoms with E-state index in [2.05, 4.69) is 10.2 Å². The summed E-state index contributed by atoms with van der Waals surface area (Å²) in [4.78, 5) is 54.5. The van der Waals surface area contributed by atoms with E-state index in [9.17, 15) is 24.5 Å². The monoisotopic (exact) mass is 448 g/mol. The number of benzene rings is 2. The van der Waals surface area contributed by atoms with Gasteiger partial charge in [0, 0.05) is 30.8 Å². The van der Waals surface area contributed by atoms with Crippen LogP contribution in [0.1, 0.15) is 36.8 Å². The summed E-state index contributed by atoms with van der Waals surface area (Å²) in [5, 5.41) is 13.9. The van der Waals surface area contributed by atoms with Gasteiger partial charge >= 0.3 is 6.03 Å². The third-order valence-electron chi connectivity index (χ3n) is 7.05. The highest BCUT2D eigenvalue weighted by atomic mass is 16.6. The minimum absolute atomic E-state index is 0.00540. The van der Waals surface area contributed by atoms with Crippen molar-refractivity contribution in [2.75, 3.05) is 16.3 Å². The summed E-state index contributed by atoms with van der Waals surface area (Å²) in [7, 11) is 0. The normalized spacial score (nSPS) is 24.8. The van der Waals surface area contributed by atoms with Crippen LogP contribution in [0.4, 0.5) is 21.9 Å². The van der Waals surface area contributed by atoms with Crippen molar-refractivity contribution in [3.63, 3.8) is 0 Å².